The molecular formula is C15H15F3N2OS. The number of nitrogens with one attached hydrogen (secondary N) is 1. The predicted molar refractivity (Wildman–Crippen MR) is 80.2 cm³/mol. The first-order chi connectivity index (χ1) is 10.4. The van der Waals surface area contributed by atoms with Crippen molar-refractivity contribution >= 4 is 22.9 Å². The molecule has 3 nitrogen and oxygen atoms in total. The Hall–Kier alpha value is -1.86. The standard InChI is InChI=1S/C15H15F3N2OS/c1-9(20(2)7-10-5-6-22-8-10)15(21)19-12-4-3-11(16)13(17)14(12)18/h3-6,8-9H,7H2,1-2H3,(H,19,21)/t9-/m1/s1. The summed E-state index contributed by atoms with van der Waals surface area (Å²) in [6.07, 6.45) is 0. The number of carbonyl (C=O) groups excluding carboxylic acids is 1. The van der Waals surface area contributed by atoms with Crippen LogP contribution in [0.5, 0.6) is 0 Å². The molecule has 1 amide bonds. The second-order valence-corrected chi connectivity index (χ2v) is 5.71. The van der Waals surface area contributed by atoms with Crippen LogP contribution in [0.4, 0.5) is 18.9 Å². The molecule has 1 heterocycles. The van der Waals surface area contributed by atoms with E-state index in [0.29, 0.717) is 6.54 Å². The van der Waals surface area contributed by atoms with Crippen molar-refractivity contribution in [1.82, 2.24) is 4.90 Å². The molecule has 0 unspecified atom stereocenters. The number of likely N-dealkylation sites (N-methyl/N-ethyl adjacent to an activating group) is 1. The maximum Gasteiger partial charge on any atom is 0.241 e. The summed E-state index contributed by atoms with van der Waals surface area (Å²) in [7, 11) is 1.75. The Kier molecular flexibility index (Phi) is 5.20. The highest BCUT2D eigenvalue weighted by atomic mass is 32.1. The van der Waals surface area contributed by atoms with E-state index in [9.17, 15) is 18.0 Å². The fraction of sp³-hybridized carbons (Fsp3) is 0.267. The number of rotatable bonds is 5. The van der Waals surface area contributed by atoms with E-state index in [1.807, 2.05) is 16.8 Å². The summed E-state index contributed by atoms with van der Waals surface area (Å²) < 4.78 is 39.6. The third-order valence-corrected chi connectivity index (χ3v) is 4.08. The summed E-state index contributed by atoms with van der Waals surface area (Å²) in [5.74, 6) is -4.79. The van der Waals surface area contributed by atoms with E-state index < -0.39 is 29.4 Å². The summed E-state index contributed by atoms with van der Waals surface area (Å²) in [5, 5.41) is 6.18. The van der Waals surface area contributed by atoms with E-state index in [2.05, 4.69) is 5.32 Å². The van der Waals surface area contributed by atoms with Gasteiger partial charge in [0.1, 0.15) is 0 Å². The molecule has 22 heavy (non-hydrogen) atoms. The molecule has 0 spiro atoms. The molecule has 2 aromatic rings. The number of hydrogen-bond donors (Lipinski definition) is 1. The number of thiophene rings is 1. The van der Waals surface area contributed by atoms with Gasteiger partial charge in [0.2, 0.25) is 5.91 Å². The van der Waals surface area contributed by atoms with E-state index in [1.54, 1.807) is 30.2 Å². The van der Waals surface area contributed by atoms with Gasteiger partial charge in [-0.05, 0) is 48.5 Å². The van der Waals surface area contributed by atoms with E-state index in [4.69, 9.17) is 0 Å². The van der Waals surface area contributed by atoms with Crippen molar-refractivity contribution in [3.8, 4) is 0 Å². The predicted octanol–water partition coefficient (Wildman–Crippen LogP) is 3.62. The minimum Gasteiger partial charge on any atom is -0.322 e. The molecule has 0 aliphatic heterocycles. The van der Waals surface area contributed by atoms with Crippen LogP contribution >= 0.6 is 11.3 Å². The average Bonchev–Trinajstić information content (AvgIpc) is 2.99. The first-order valence-corrected chi connectivity index (χ1v) is 7.50. The van der Waals surface area contributed by atoms with E-state index in [1.165, 1.54) is 0 Å². The van der Waals surface area contributed by atoms with Gasteiger partial charge in [-0.1, -0.05) is 0 Å². The molecule has 2 rings (SSSR count). The number of benzene rings is 1. The summed E-state index contributed by atoms with van der Waals surface area (Å²) >= 11 is 1.56. The maximum atomic E-state index is 13.6. The summed E-state index contributed by atoms with van der Waals surface area (Å²) in [6, 6.07) is 3.15. The smallest absolute Gasteiger partial charge is 0.241 e. The Labute approximate surface area is 130 Å². The number of nitrogens with zero attached hydrogens (tertiary/aromatic N) is 1. The van der Waals surface area contributed by atoms with Crippen molar-refractivity contribution < 1.29 is 18.0 Å². The minimum atomic E-state index is -1.60. The molecule has 0 saturated carbocycles. The van der Waals surface area contributed by atoms with Gasteiger partial charge in [0.15, 0.2) is 17.5 Å². The normalized spacial score (nSPS) is 12.5. The fourth-order valence-corrected chi connectivity index (χ4v) is 2.53. The largest absolute Gasteiger partial charge is 0.322 e. The Morgan fingerprint density at radius 3 is 2.64 bits per heavy atom. The molecule has 1 aromatic heterocycles. The van der Waals surface area contributed by atoms with Crippen molar-refractivity contribution in [2.24, 2.45) is 0 Å². The lowest BCUT2D eigenvalue weighted by Crippen LogP contribution is -2.39. The second-order valence-electron chi connectivity index (χ2n) is 4.93. The van der Waals surface area contributed by atoms with Crippen molar-refractivity contribution in [3.05, 3.63) is 52.0 Å². The molecule has 0 aliphatic carbocycles. The van der Waals surface area contributed by atoms with E-state index >= 15 is 0 Å². The molecule has 0 bridgehead atoms. The van der Waals surface area contributed by atoms with Crippen molar-refractivity contribution in [3.63, 3.8) is 0 Å². The monoisotopic (exact) mass is 328 g/mol. The number of amides is 1. The third-order valence-electron chi connectivity index (χ3n) is 3.35. The van der Waals surface area contributed by atoms with Gasteiger partial charge in [0.25, 0.3) is 0 Å². The number of anilines is 1. The fourth-order valence-electron chi connectivity index (χ4n) is 1.87. The van der Waals surface area contributed by atoms with Gasteiger partial charge in [-0.15, -0.1) is 0 Å². The first-order valence-electron chi connectivity index (χ1n) is 6.56. The number of carbonyl (C=O) groups is 1. The highest BCUT2D eigenvalue weighted by molar-refractivity contribution is 7.07. The maximum absolute atomic E-state index is 13.6. The van der Waals surface area contributed by atoms with Crippen LogP contribution in [0.25, 0.3) is 0 Å². The SMILES string of the molecule is C[C@H](C(=O)Nc1ccc(F)c(F)c1F)N(C)Cc1ccsc1. The zero-order chi connectivity index (χ0) is 16.3. The zero-order valence-electron chi connectivity index (χ0n) is 12.1. The molecule has 0 aliphatic rings. The van der Waals surface area contributed by atoms with Gasteiger partial charge < -0.3 is 5.32 Å². The zero-order valence-corrected chi connectivity index (χ0v) is 12.9. The summed E-state index contributed by atoms with van der Waals surface area (Å²) in [6.45, 7) is 2.21. The van der Waals surface area contributed by atoms with Gasteiger partial charge in [-0.3, -0.25) is 9.69 Å². The number of halogens is 3. The van der Waals surface area contributed by atoms with Gasteiger partial charge in [0.05, 0.1) is 11.7 Å². The van der Waals surface area contributed by atoms with Crippen LogP contribution in [0, 0.1) is 17.5 Å². The average molecular weight is 328 g/mol. The van der Waals surface area contributed by atoms with Crippen LogP contribution in [0.1, 0.15) is 12.5 Å². The van der Waals surface area contributed by atoms with E-state index in [0.717, 1.165) is 17.7 Å². The molecule has 1 aromatic carbocycles. The summed E-state index contributed by atoms with van der Waals surface area (Å²) in [4.78, 5) is 13.9. The molecular weight excluding hydrogens is 313 g/mol. The van der Waals surface area contributed by atoms with Gasteiger partial charge in [-0.25, -0.2) is 13.2 Å². The molecule has 0 fully saturated rings. The Morgan fingerprint density at radius 2 is 2.00 bits per heavy atom. The molecule has 118 valence electrons. The Morgan fingerprint density at radius 1 is 1.27 bits per heavy atom. The van der Waals surface area contributed by atoms with Gasteiger partial charge >= 0.3 is 0 Å². The molecule has 0 saturated heterocycles. The molecule has 1 atom stereocenters. The van der Waals surface area contributed by atoms with Gasteiger partial charge in [-0.2, -0.15) is 11.3 Å². The van der Waals surface area contributed by atoms with Crippen molar-refractivity contribution in [1.29, 1.82) is 0 Å². The second kappa shape index (κ2) is 6.93. The quantitative estimate of drug-likeness (QED) is 0.850. The van der Waals surface area contributed by atoms with Crippen LogP contribution in [0.15, 0.2) is 29.0 Å². The lowest BCUT2D eigenvalue weighted by molar-refractivity contribution is -0.120. The van der Waals surface area contributed by atoms with Crippen LogP contribution in [0.3, 0.4) is 0 Å². The Bertz CT molecular complexity index is 661. The van der Waals surface area contributed by atoms with Crippen LogP contribution in [-0.4, -0.2) is 23.9 Å². The lowest BCUT2D eigenvalue weighted by Gasteiger charge is -2.23. The first kappa shape index (κ1) is 16.5. The highest BCUT2D eigenvalue weighted by Crippen LogP contribution is 2.20. The van der Waals surface area contributed by atoms with E-state index in [-0.39, 0.29) is 5.69 Å². The minimum absolute atomic E-state index is 0.375. The topological polar surface area (TPSA) is 32.3 Å². The lowest BCUT2D eigenvalue weighted by atomic mass is 10.2. The molecule has 7 heteroatoms. The highest BCUT2D eigenvalue weighted by Gasteiger charge is 2.21. The van der Waals surface area contributed by atoms with Crippen LogP contribution < -0.4 is 5.32 Å². The van der Waals surface area contributed by atoms with Gasteiger partial charge in [0, 0.05) is 6.54 Å². The van der Waals surface area contributed by atoms with Crippen LogP contribution in [-0.2, 0) is 11.3 Å². The number of hydrogen-bond acceptors (Lipinski definition) is 3. The molecule has 0 radical (unpaired) electrons. The summed E-state index contributed by atoms with van der Waals surface area (Å²) in [5.41, 5.74) is 0.686. The van der Waals surface area contributed by atoms with Crippen molar-refractivity contribution in [2.75, 3.05) is 12.4 Å². The molecule has 1 N–H and O–H groups in total. The Balaban J connectivity index is 2.03. The third kappa shape index (κ3) is 3.66. The van der Waals surface area contributed by atoms with Crippen molar-refractivity contribution in [2.45, 2.75) is 19.5 Å². The van der Waals surface area contributed by atoms with Crippen LogP contribution in [0.2, 0.25) is 0 Å².